The second-order valence-electron chi connectivity index (χ2n) is 5.05. The van der Waals surface area contributed by atoms with Crippen molar-refractivity contribution < 1.29 is 14.3 Å². The molecular formula is C10H20N4O3. The fraction of sp³-hybridized carbons (Fsp3) is 0.800. The number of amides is 2. The molecule has 1 aliphatic heterocycles. The molecule has 1 saturated heterocycles. The lowest BCUT2D eigenvalue weighted by Crippen LogP contribution is -2.43. The van der Waals surface area contributed by atoms with E-state index in [1.807, 2.05) is 0 Å². The smallest absolute Gasteiger partial charge is 0.407 e. The molecule has 7 nitrogen and oxygen atoms in total. The van der Waals surface area contributed by atoms with Gasteiger partial charge in [0.1, 0.15) is 5.60 Å². The van der Waals surface area contributed by atoms with Crippen LogP contribution in [0.2, 0.25) is 0 Å². The van der Waals surface area contributed by atoms with E-state index in [9.17, 15) is 9.59 Å². The number of carbonyl (C=O) groups excluding carboxylic acids is 2. The van der Waals surface area contributed by atoms with Gasteiger partial charge in [-0.3, -0.25) is 10.2 Å². The molecule has 2 amide bonds. The normalized spacial score (nSPS) is 24.2. The number of nitrogens with one attached hydrogen (secondary N) is 3. The van der Waals surface area contributed by atoms with Crippen LogP contribution in [0.5, 0.6) is 0 Å². The Kier molecular flexibility index (Phi) is 4.30. The van der Waals surface area contributed by atoms with Crippen LogP contribution in [0.3, 0.4) is 0 Å². The second-order valence-corrected chi connectivity index (χ2v) is 5.05. The summed E-state index contributed by atoms with van der Waals surface area (Å²) >= 11 is 0. The Bertz CT molecular complexity index is 300. The SMILES string of the molecule is CC(C)(C)OC(=O)NC1CNC(C(=O)NN)C1. The van der Waals surface area contributed by atoms with Crippen LogP contribution in [0.1, 0.15) is 27.2 Å². The van der Waals surface area contributed by atoms with E-state index in [0.717, 1.165) is 0 Å². The number of ether oxygens (including phenoxy) is 1. The van der Waals surface area contributed by atoms with Crippen LogP contribution in [0.4, 0.5) is 4.79 Å². The molecule has 1 fully saturated rings. The van der Waals surface area contributed by atoms with Gasteiger partial charge >= 0.3 is 6.09 Å². The summed E-state index contributed by atoms with van der Waals surface area (Å²) < 4.78 is 5.12. The highest BCUT2D eigenvalue weighted by Crippen LogP contribution is 2.10. The first-order chi connectivity index (χ1) is 7.81. The topological polar surface area (TPSA) is 105 Å². The number of nitrogens with two attached hydrogens (primary N) is 1. The van der Waals surface area contributed by atoms with Gasteiger partial charge in [0.2, 0.25) is 0 Å². The molecule has 98 valence electrons. The van der Waals surface area contributed by atoms with Crippen molar-refractivity contribution in [1.29, 1.82) is 0 Å². The van der Waals surface area contributed by atoms with Gasteiger partial charge in [0.25, 0.3) is 5.91 Å². The minimum absolute atomic E-state index is 0.118. The van der Waals surface area contributed by atoms with Crippen molar-refractivity contribution >= 4 is 12.0 Å². The minimum atomic E-state index is -0.524. The summed E-state index contributed by atoms with van der Waals surface area (Å²) in [4.78, 5) is 22.7. The lowest BCUT2D eigenvalue weighted by molar-refractivity contribution is -0.122. The highest BCUT2D eigenvalue weighted by atomic mass is 16.6. The number of rotatable bonds is 2. The predicted octanol–water partition coefficient (Wildman–Crippen LogP) is -0.768. The summed E-state index contributed by atoms with van der Waals surface area (Å²) in [5.41, 5.74) is 1.55. The molecule has 7 heteroatoms. The Labute approximate surface area is 100 Å². The number of alkyl carbamates (subject to hydrolysis) is 1. The second kappa shape index (κ2) is 5.33. The van der Waals surface area contributed by atoms with Gasteiger partial charge in [-0.15, -0.1) is 0 Å². The molecule has 5 N–H and O–H groups in total. The largest absolute Gasteiger partial charge is 0.444 e. The maximum atomic E-state index is 11.5. The Morgan fingerprint density at radius 1 is 1.41 bits per heavy atom. The molecule has 0 aromatic heterocycles. The van der Waals surface area contributed by atoms with Crippen LogP contribution in [0.15, 0.2) is 0 Å². The molecule has 0 saturated carbocycles. The maximum absolute atomic E-state index is 11.5. The summed E-state index contributed by atoms with van der Waals surface area (Å²) in [5.74, 6) is 4.75. The van der Waals surface area contributed by atoms with Gasteiger partial charge in [0.15, 0.2) is 0 Å². The highest BCUT2D eigenvalue weighted by molar-refractivity contribution is 5.81. The molecule has 0 bridgehead atoms. The van der Waals surface area contributed by atoms with E-state index in [2.05, 4.69) is 16.1 Å². The van der Waals surface area contributed by atoms with Crippen molar-refractivity contribution in [3.05, 3.63) is 0 Å². The molecule has 1 heterocycles. The Balaban J connectivity index is 2.35. The van der Waals surface area contributed by atoms with E-state index in [1.165, 1.54) is 0 Å². The quantitative estimate of drug-likeness (QED) is 0.290. The summed E-state index contributed by atoms with van der Waals surface area (Å²) in [5, 5.41) is 5.66. The van der Waals surface area contributed by atoms with Gasteiger partial charge in [-0.1, -0.05) is 0 Å². The van der Waals surface area contributed by atoms with Gasteiger partial charge in [0, 0.05) is 12.6 Å². The molecule has 17 heavy (non-hydrogen) atoms. The molecule has 2 atom stereocenters. The predicted molar refractivity (Wildman–Crippen MR) is 61.9 cm³/mol. The minimum Gasteiger partial charge on any atom is -0.444 e. The van der Waals surface area contributed by atoms with Gasteiger partial charge in [-0.05, 0) is 27.2 Å². The van der Waals surface area contributed by atoms with Crippen molar-refractivity contribution in [2.75, 3.05) is 6.54 Å². The van der Waals surface area contributed by atoms with Crippen molar-refractivity contribution in [3.8, 4) is 0 Å². The van der Waals surface area contributed by atoms with Crippen LogP contribution in [-0.2, 0) is 9.53 Å². The van der Waals surface area contributed by atoms with Gasteiger partial charge < -0.3 is 15.4 Å². The number of hydrazine groups is 1. The van der Waals surface area contributed by atoms with E-state index in [1.54, 1.807) is 20.8 Å². The zero-order chi connectivity index (χ0) is 13.1. The van der Waals surface area contributed by atoms with Gasteiger partial charge in [-0.2, -0.15) is 0 Å². The van der Waals surface area contributed by atoms with Crippen molar-refractivity contribution in [3.63, 3.8) is 0 Å². The zero-order valence-electron chi connectivity index (χ0n) is 10.4. The Morgan fingerprint density at radius 2 is 2.06 bits per heavy atom. The number of hydrogen-bond donors (Lipinski definition) is 4. The molecule has 0 aromatic rings. The summed E-state index contributed by atoms with van der Waals surface area (Å²) in [6.45, 7) is 5.91. The molecular weight excluding hydrogens is 224 g/mol. The maximum Gasteiger partial charge on any atom is 0.407 e. The monoisotopic (exact) mass is 244 g/mol. The first kappa shape index (κ1) is 13.7. The number of carbonyl (C=O) groups is 2. The standard InChI is InChI=1S/C10H20N4O3/c1-10(2,3)17-9(16)13-6-4-7(12-5-6)8(15)14-11/h6-7,12H,4-5,11H2,1-3H3,(H,13,16)(H,14,15). The van der Waals surface area contributed by atoms with Crippen molar-refractivity contribution in [2.24, 2.45) is 5.84 Å². The summed E-state index contributed by atoms with van der Waals surface area (Å²) in [6, 6.07) is -0.480. The van der Waals surface area contributed by atoms with E-state index >= 15 is 0 Å². The lowest BCUT2D eigenvalue weighted by atomic mass is 10.1. The average molecular weight is 244 g/mol. The molecule has 1 aliphatic rings. The van der Waals surface area contributed by atoms with Crippen LogP contribution < -0.4 is 21.9 Å². The third-order valence-electron chi connectivity index (χ3n) is 2.31. The van der Waals surface area contributed by atoms with Crippen molar-refractivity contribution in [2.45, 2.75) is 44.9 Å². The summed E-state index contributed by atoms with van der Waals surface area (Å²) in [6.07, 6.45) is 0.0283. The molecule has 0 spiro atoms. The highest BCUT2D eigenvalue weighted by Gasteiger charge is 2.30. The van der Waals surface area contributed by atoms with Crippen LogP contribution >= 0.6 is 0 Å². The van der Waals surface area contributed by atoms with Gasteiger partial charge in [-0.25, -0.2) is 10.6 Å². The first-order valence-corrected chi connectivity index (χ1v) is 5.55. The average Bonchev–Trinajstić information content (AvgIpc) is 2.62. The molecule has 0 radical (unpaired) electrons. The number of hydrogen-bond acceptors (Lipinski definition) is 5. The lowest BCUT2D eigenvalue weighted by Gasteiger charge is -2.21. The van der Waals surface area contributed by atoms with E-state index in [4.69, 9.17) is 10.6 Å². The molecule has 2 unspecified atom stereocenters. The first-order valence-electron chi connectivity index (χ1n) is 5.55. The zero-order valence-corrected chi connectivity index (χ0v) is 10.4. The third kappa shape index (κ3) is 4.58. The van der Waals surface area contributed by atoms with E-state index in [0.29, 0.717) is 13.0 Å². The van der Waals surface area contributed by atoms with Gasteiger partial charge in [0.05, 0.1) is 6.04 Å². The van der Waals surface area contributed by atoms with E-state index in [-0.39, 0.29) is 18.0 Å². The van der Waals surface area contributed by atoms with Crippen LogP contribution in [0.25, 0.3) is 0 Å². The molecule has 0 aromatic carbocycles. The van der Waals surface area contributed by atoms with E-state index < -0.39 is 11.7 Å². The fourth-order valence-corrected chi connectivity index (χ4v) is 1.62. The molecule has 1 rings (SSSR count). The summed E-state index contributed by atoms with van der Waals surface area (Å²) in [7, 11) is 0. The third-order valence-corrected chi connectivity index (χ3v) is 2.31. The Hall–Kier alpha value is -1.34. The fourth-order valence-electron chi connectivity index (χ4n) is 1.62. The van der Waals surface area contributed by atoms with Crippen molar-refractivity contribution in [1.82, 2.24) is 16.1 Å². The molecule has 0 aliphatic carbocycles. The van der Waals surface area contributed by atoms with Crippen LogP contribution in [0, 0.1) is 0 Å². The Morgan fingerprint density at radius 3 is 2.59 bits per heavy atom. The van der Waals surface area contributed by atoms with Crippen LogP contribution in [-0.4, -0.2) is 36.2 Å².